The van der Waals surface area contributed by atoms with E-state index in [1.54, 1.807) is 11.8 Å². The van der Waals surface area contributed by atoms with E-state index in [1.165, 1.54) is 5.56 Å². The van der Waals surface area contributed by atoms with Crippen molar-refractivity contribution in [3.8, 4) is 0 Å². The average Bonchev–Trinajstić information content (AvgIpc) is 3.47. The van der Waals surface area contributed by atoms with Gasteiger partial charge in [-0.3, -0.25) is 9.59 Å². The van der Waals surface area contributed by atoms with Crippen LogP contribution in [0.2, 0.25) is 0 Å². The summed E-state index contributed by atoms with van der Waals surface area (Å²) in [5.41, 5.74) is 3.07. The van der Waals surface area contributed by atoms with Gasteiger partial charge in [0.2, 0.25) is 11.8 Å². The van der Waals surface area contributed by atoms with Gasteiger partial charge in [0.25, 0.3) is 0 Å². The summed E-state index contributed by atoms with van der Waals surface area (Å²) in [5.74, 6) is -0.675. The molecule has 2 atom stereocenters. The highest BCUT2D eigenvalue weighted by molar-refractivity contribution is 5.99. The molecule has 7 heteroatoms. The molecule has 0 bridgehead atoms. The van der Waals surface area contributed by atoms with Crippen molar-refractivity contribution in [3.05, 3.63) is 29.3 Å². The molecule has 7 nitrogen and oxygen atoms in total. The maximum absolute atomic E-state index is 12.5. The number of hydrogen-bond donors (Lipinski definition) is 2. The minimum absolute atomic E-state index is 0.0437. The summed E-state index contributed by atoms with van der Waals surface area (Å²) >= 11 is 0. The van der Waals surface area contributed by atoms with Crippen molar-refractivity contribution in [3.63, 3.8) is 0 Å². The third-order valence-corrected chi connectivity index (χ3v) is 5.61. The van der Waals surface area contributed by atoms with Gasteiger partial charge in [-0.2, -0.15) is 0 Å². The van der Waals surface area contributed by atoms with Crippen LogP contribution in [-0.4, -0.2) is 48.5 Å². The number of piperidine rings is 1. The number of benzene rings is 1. The van der Waals surface area contributed by atoms with Crippen LogP contribution >= 0.6 is 0 Å². The second-order valence-electron chi connectivity index (χ2n) is 7.71. The van der Waals surface area contributed by atoms with Crippen molar-refractivity contribution in [1.29, 1.82) is 0 Å². The Bertz CT molecular complexity index is 756. The van der Waals surface area contributed by atoms with Gasteiger partial charge >= 0.3 is 6.09 Å². The molecule has 1 saturated carbocycles. The Kier molecular flexibility index (Phi) is 6.21. The summed E-state index contributed by atoms with van der Waals surface area (Å²) in [5, 5.41) is 5.95. The predicted molar refractivity (Wildman–Crippen MR) is 106 cm³/mol. The number of anilines is 1. The van der Waals surface area contributed by atoms with Gasteiger partial charge in [-0.05, 0) is 63.3 Å². The quantitative estimate of drug-likeness (QED) is 0.813. The van der Waals surface area contributed by atoms with Crippen molar-refractivity contribution in [2.45, 2.75) is 46.1 Å². The molecule has 0 aromatic heterocycles. The summed E-state index contributed by atoms with van der Waals surface area (Å²) in [4.78, 5) is 38.3. The Morgan fingerprint density at radius 3 is 2.39 bits per heavy atom. The first-order valence-corrected chi connectivity index (χ1v) is 9.99. The monoisotopic (exact) mass is 387 g/mol. The molecule has 0 radical (unpaired) electrons. The highest BCUT2D eigenvalue weighted by Gasteiger charge is 2.48. The molecule has 2 aliphatic rings. The first kappa shape index (κ1) is 20.2. The maximum atomic E-state index is 12.5. The van der Waals surface area contributed by atoms with Gasteiger partial charge in [0.1, 0.15) is 0 Å². The largest absolute Gasteiger partial charge is 0.450 e. The maximum Gasteiger partial charge on any atom is 0.409 e. The molecule has 1 saturated heterocycles. The molecule has 1 aromatic rings. The van der Waals surface area contributed by atoms with Crippen LogP contribution in [-0.2, 0) is 14.3 Å². The van der Waals surface area contributed by atoms with E-state index < -0.39 is 0 Å². The van der Waals surface area contributed by atoms with Gasteiger partial charge in [0.15, 0.2) is 0 Å². The molecule has 2 unspecified atom stereocenters. The zero-order chi connectivity index (χ0) is 20.3. The van der Waals surface area contributed by atoms with Gasteiger partial charge in [0, 0.05) is 24.8 Å². The lowest BCUT2D eigenvalue weighted by Gasteiger charge is -2.31. The summed E-state index contributed by atoms with van der Waals surface area (Å²) in [7, 11) is 0. The lowest BCUT2D eigenvalue weighted by molar-refractivity contribution is -0.126. The number of nitrogens with one attached hydrogen (secondary N) is 2. The van der Waals surface area contributed by atoms with E-state index in [1.807, 2.05) is 32.0 Å². The SMILES string of the molecule is CCOC(=O)N1CCC(NC(=O)C2CC2C(=O)Nc2ccc(C)c(C)c2)CC1. The molecular formula is C21H29N3O4. The molecule has 152 valence electrons. The van der Waals surface area contributed by atoms with Crippen LogP contribution in [0.25, 0.3) is 0 Å². The second kappa shape index (κ2) is 8.63. The normalized spacial score (nSPS) is 21.8. The first-order valence-electron chi connectivity index (χ1n) is 9.99. The van der Waals surface area contributed by atoms with Crippen LogP contribution in [0, 0.1) is 25.7 Å². The smallest absolute Gasteiger partial charge is 0.409 e. The van der Waals surface area contributed by atoms with Crippen molar-refractivity contribution in [2.75, 3.05) is 25.0 Å². The van der Waals surface area contributed by atoms with Crippen LogP contribution in [0.4, 0.5) is 10.5 Å². The third kappa shape index (κ3) is 4.82. The van der Waals surface area contributed by atoms with Gasteiger partial charge in [-0.1, -0.05) is 6.07 Å². The standard InChI is InChI=1S/C21H29N3O4/c1-4-28-21(27)24-9-7-15(8-10-24)22-19(25)17-12-18(17)20(26)23-16-6-5-13(2)14(3)11-16/h5-6,11,15,17-18H,4,7-10,12H2,1-3H3,(H,22,25)(H,23,26). The molecule has 2 N–H and O–H groups in total. The number of nitrogens with zero attached hydrogens (tertiary/aromatic N) is 1. The minimum Gasteiger partial charge on any atom is -0.450 e. The van der Waals surface area contributed by atoms with Crippen molar-refractivity contribution in [2.24, 2.45) is 11.8 Å². The fourth-order valence-corrected chi connectivity index (χ4v) is 3.56. The van der Waals surface area contributed by atoms with Crippen LogP contribution < -0.4 is 10.6 Å². The lowest BCUT2D eigenvalue weighted by atomic mass is 10.0. The molecule has 1 aromatic carbocycles. The van der Waals surface area contributed by atoms with E-state index in [2.05, 4.69) is 10.6 Å². The molecule has 3 amide bonds. The predicted octanol–water partition coefficient (Wildman–Crippen LogP) is 2.62. The van der Waals surface area contributed by atoms with E-state index in [0.29, 0.717) is 39.0 Å². The van der Waals surface area contributed by atoms with E-state index in [4.69, 9.17) is 4.74 Å². The fourth-order valence-electron chi connectivity index (χ4n) is 3.56. The van der Waals surface area contributed by atoms with E-state index in [9.17, 15) is 14.4 Å². The van der Waals surface area contributed by atoms with E-state index >= 15 is 0 Å². The van der Waals surface area contributed by atoms with Gasteiger partial charge < -0.3 is 20.3 Å². The molecule has 3 rings (SSSR count). The number of carbonyl (C=O) groups is 3. The van der Waals surface area contributed by atoms with E-state index in [-0.39, 0.29) is 35.8 Å². The van der Waals surface area contributed by atoms with Crippen molar-refractivity contribution >= 4 is 23.6 Å². The minimum atomic E-state index is -0.294. The van der Waals surface area contributed by atoms with Crippen molar-refractivity contribution in [1.82, 2.24) is 10.2 Å². The second-order valence-corrected chi connectivity index (χ2v) is 7.71. The molecule has 2 fully saturated rings. The fraction of sp³-hybridized carbons (Fsp3) is 0.571. The Labute approximate surface area is 165 Å². The Hall–Kier alpha value is -2.57. The molecule has 1 aliphatic carbocycles. The van der Waals surface area contributed by atoms with Crippen LogP contribution in [0.3, 0.4) is 0 Å². The summed E-state index contributed by atoms with van der Waals surface area (Å²) in [6, 6.07) is 5.85. The van der Waals surface area contributed by atoms with Crippen LogP contribution in [0.5, 0.6) is 0 Å². The zero-order valence-electron chi connectivity index (χ0n) is 16.8. The van der Waals surface area contributed by atoms with Crippen molar-refractivity contribution < 1.29 is 19.1 Å². The summed E-state index contributed by atoms with van der Waals surface area (Å²) in [6.45, 7) is 7.33. The average molecular weight is 387 g/mol. The molecule has 1 aliphatic heterocycles. The van der Waals surface area contributed by atoms with Gasteiger partial charge in [-0.15, -0.1) is 0 Å². The molecule has 28 heavy (non-hydrogen) atoms. The zero-order valence-corrected chi connectivity index (χ0v) is 16.8. The van der Waals surface area contributed by atoms with E-state index in [0.717, 1.165) is 11.3 Å². The number of carbonyl (C=O) groups excluding carboxylic acids is 3. The summed E-state index contributed by atoms with van der Waals surface area (Å²) < 4.78 is 5.00. The van der Waals surface area contributed by atoms with Crippen LogP contribution in [0.1, 0.15) is 37.3 Å². The number of ether oxygens (including phenoxy) is 1. The highest BCUT2D eigenvalue weighted by atomic mass is 16.6. The Morgan fingerprint density at radius 1 is 1.07 bits per heavy atom. The first-order chi connectivity index (χ1) is 13.4. The topological polar surface area (TPSA) is 87.7 Å². The van der Waals surface area contributed by atoms with Gasteiger partial charge in [-0.25, -0.2) is 4.79 Å². The van der Waals surface area contributed by atoms with Crippen LogP contribution in [0.15, 0.2) is 18.2 Å². The number of likely N-dealkylation sites (tertiary alicyclic amines) is 1. The lowest BCUT2D eigenvalue weighted by Crippen LogP contribution is -2.47. The van der Waals surface area contributed by atoms with Gasteiger partial charge in [0.05, 0.1) is 18.4 Å². The number of amides is 3. The summed E-state index contributed by atoms with van der Waals surface area (Å²) in [6.07, 6.45) is 1.70. The highest BCUT2D eigenvalue weighted by Crippen LogP contribution is 2.39. The number of rotatable bonds is 5. The Morgan fingerprint density at radius 2 is 1.75 bits per heavy atom. The molecular weight excluding hydrogens is 358 g/mol. The third-order valence-electron chi connectivity index (χ3n) is 5.61. The molecule has 1 heterocycles. The number of aryl methyl sites for hydroxylation is 2. The molecule has 0 spiro atoms. The number of hydrogen-bond acceptors (Lipinski definition) is 4. The Balaban J connectivity index is 1.42.